The molecule has 1 unspecified atom stereocenters. The van der Waals surface area contributed by atoms with Crippen molar-refractivity contribution in [2.75, 3.05) is 19.1 Å². The van der Waals surface area contributed by atoms with E-state index in [9.17, 15) is 19.8 Å². The van der Waals surface area contributed by atoms with Gasteiger partial charge in [-0.1, -0.05) is 35.6 Å². The molecule has 1 saturated heterocycles. The Kier molecular flexibility index (Phi) is 5.62. The Balaban J connectivity index is 1.72. The molecular weight excluding hydrogens is 468 g/mol. The standard InChI is InChI=1S/C26H20N2O6S/c1-33-17-8-4-6-15(12-17)23(30)21-22(14-5-3-7-16(29)11-14)28(25(32)24(21)31)26-27-19-10-9-18(34-2)13-20(19)35-26/h3-13,22,29-30H,1-2H3/b23-21+. The van der Waals surface area contributed by atoms with Crippen LogP contribution in [0, 0.1) is 0 Å². The zero-order chi connectivity index (χ0) is 24.7. The van der Waals surface area contributed by atoms with Crippen LogP contribution >= 0.6 is 11.3 Å². The molecule has 0 spiro atoms. The van der Waals surface area contributed by atoms with Crippen molar-refractivity contribution in [2.45, 2.75) is 6.04 Å². The molecule has 8 nitrogen and oxygen atoms in total. The van der Waals surface area contributed by atoms with Crippen LogP contribution in [0.4, 0.5) is 5.13 Å². The number of aromatic nitrogens is 1. The Morgan fingerprint density at radius 3 is 2.46 bits per heavy atom. The molecule has 3 aromatic carbocycles. The van der Waals surface area contributed by atoms with Gasteiger partial charge >= 0.3 is 5.91 Å². The van der Waals surface area contributed by atoms with Gasteiger partial charge in [-0.05, 0) is 48.0 Å². The van der Waals surface area contributed by atoms with E-state index < -0.39 is 17.7 Å². The number of aromatic hydroxyl groups is 1. The van der Waals surface area contributed by atoms with Gasteiger partial charge in [0.2, 0.25) is 0 Å². The number of hydrogen-bond acceptors (Lipinski definition) is 8. The van der Waals surface area contributed by atoms with Crippen LogP contribution in [0.25, 0.3) is 16.0 Å². The van der Waals surface area contributed by atoms with Gasteiger partial charge in [0.25, 0.3) is 5.78 Å². The van der Waals surface area contributed by atoms with Gasteiger partial charge in [-0.15, -0.1) is 0 Å². The van der Waals surface area contributed by atoms with E-state index >= 15 is 0 Å². The number of methoxy groups -OCH3 is 2. The lowest BCUT2D eigenvalue weighted by Gasteiger charge is -2.23. The van der Waals surface area contributed by atoms with E-state index in [-0.39, 0.29) is 22.2 Å². The monoisotopic (exact) mass is 488 g/mol. The predicted molar refractivity (Wildman–Crippen MR) is 132 cm³/mol. The molecule has 2 N–H and O–H groups in total. The summed E-state index contributed by atoms with van der Waals surface area (Å²) in [5.74, 6) is -0.941. The third-order valence-electron chi connectivity index (χ3n) is 5.76. The number of carbonyl (C=O) groups excluding carboxylic acids is 2. The summed E-state index contributed by atoms with van der Waals surface area (Å²) in [4.78, 5) is 32.5. The average molecular weight is 489 g/mol. The highest BCUT2D eigenvalue weighted by Crippen LogP contribution is 2.45. The van der Waals surface area contributed by atoms with Crippen LogP contribution in [0.3, 0.4) is 0 Å². The number of aliphatic hydroxyl groups excluding tert-OH is 1. The highest BCUT2D eigenvalue weighted by atomic mass is 32.1. The van der Waals surface area contributed by atoms with Crippen LogP contribution in [0.2, 0.25) is 0 Å². The first kappa shape index (κ1) is 22.4. The first-order valence-corrected chi connectivity index (χ1v) is 11.4. The number of carbonyl (C=O) groups is 2. The van der Waals surface area contributed by atoms with Crippen molar-refractivity contribution in [2.24, 2.45) is 0 Å². The Labute approximate surface area is 204 Å². The molecule has 1 atom stereocenters. The summed E-state index contributed by atoms with van der Waals surface area (Å²) in [5, 5.41) is 21.6. The number of phenols is 1. The van der Waals surface area contributed by atoms with E-state index in [0.717, 1.165) is 4.70 Å². The lowest BCUT2D eigenvalue weighted by atomic mass is 9.95. The van der Waals surface area contributed by atoms with Gasteiger partial charge in [0, 0.05) is 5.56 Å². The Bertz CT molecular complexity index is 1510. The van der Waals surface area contributed by atoms with Crippen molar-refractivity contribution in [3.05, 3.63) is 83.4 Å². The molecular formula is C26H20N2O6S. The number of phenolic OH excluding ortho intramolecular Hbond substituents is 1. The van der Waals surface area contributed by atoms with Crippen molar-refractivity contribution in [3.63, 3.8) is 0 Å². The number of nitrogens with zero attached hydrogens (tertiary/aromatic N) is 2. The van der Waals surface area contributed by atoms with Gasteiger partial charge in [-0.25, -0.2) is 4.98 Å². The number of ether oxygens (including phenoxy) is 2. The molecule has 1 aliphatic rings. The second kappa shape index (κ2) is 8.77. The van der Waals surface area contributed by atoms with Crippen LogP contribution in [0.1, 0.15) is 17.2 Å². The summed E-state index contributed by atoms with van der Waals surface area (Å²) in [7, 11) is 3.05. The number of ketones is 1. The molecule has 35 heavy (non-hydrogen) atoms. The number of hydrogen-bond donors (Lipinski definition) is 2. The zero-order valence-corrected chi connectivity index (χ0v) is 19.6. The van der Waals surface area contributed by atoms with Crippen LogP contribution in [0.15, 0.2) is 72.3 Å². The van der Waals surface area contributed by atoms with Gasteiger partial charge in [0.1, 0.15) is 23.0 Å². The molecule has 0 aliphatic carbocycles. The number of anilines is 1. The summed E-state index contributed by atoms with van der Waals surface area (Å²) in [6.45, 7) is 0. The number of amides is 1. The smallest absolute Gasteiger partial charge is 0.301 e. The van der Waals surface area contributed by atoms with Crippen molar-refractivity contribution in [1.29, 1.82) is 0 Å². The minimum absolute atomic E-state index is 0.0384. The van der Waals surface area contributed by atoms with E-state index in [0.29, 0.717) is 28.1 Å². The summed E-state index contributed by atoms with van der Waals surface area (Å²) in [6.07, 6.45) is 0. The van der Waals surface area contributed by atoms with Crippen molar-refractivity contribution < 1.29 is 29.3 Å². The maximum absolute atomic E-state index is 13.3. The van der Waals surface area contributed by atoms with Gasteiger partial charge in [0.05, 0.1) is 36.1 Å². The summed E-state index contributed by atoms with van der Waals surface area (Å²) in [6, 6.07) is 17.1. The fourth-order valence-electron chi connectivity index (χ4n) is 4.09. The van der Waals surface area contributed by atoms with E-state index in [4.69, 9.17) is 9.47 Å². The van der Waals surface area contributed by atoms with Crippen LogP contribution < -0.4 is 14.4 Å². The maximum atomic E-state index is 13.3. The van der Waals surface area contributed by atoms with Gasteiger partial charge in [-0.2, -0.15) is 0 Å². The number of benzene rings is 3. The van der Waals surface area contributed by atoms with Gasteiger partial charge in [0.15, 0.2) is 5.13 Å². The lowest BCUT2D eigenvalue weighted by Crippen LogP contribution is -2.29. The van der Waals surface area contributed by atoms with E-state index in [2.05, 4.69) is 4.98 Å². The van der Waals surface area contributed by atoms with Crippen molar-refractivity contribution in [1.82, 2.24) is 4.98 Å². The first-order chi connectivity index (χ1) is 16.9. The summed E-state index contributed by atoms with van der Waals surface area (Å²) < 4.78 is 11.3. The number of Topliss-reactive ketones (excluding diaryl/α,β-unsaturated/α-hetero) is 1. The minimum atomic E-state index is -1.00. The SMILES string of the molecule is COc1cccc(/C(O)=C2\C(=O)C(=O)N(c3nc4ccc(OC)cc4s3)C2c2cccc(O)c2)c1. The number of rotatable bonds is 5. The quantitative estimate of drug-likeness (QED) is 0.239. The fourth-order valence-corrected chi connectivity index (χ4v) is 5.11. The summed E-state index contributed by atoms with van der Waals surface area (Å²) >= 11 is 1.22. The third kappa shape index (κ3) is 3.85. The minimum Gasteiger partial charge on any atom is -0.508 e. The second-order valence-corrected chi connectivity index (χ2v) is 8.84. The average Bonchev–Trinajstić information content (AvgIpc) is 3.41. The molecule has 0 saturated carbocycles. The topological polar surface area (TPSA) is 109 Å². The molecule has 176 valence electrons. The Morgan fingerprint density at radius 2 is 1.71 bits per heavy atom. The molecule has 1 aromatic heterocycles. The molecule has 1 aliphatic heterocycles. The Hall–Kier alpha value is -4.37. The van der Waals surface area contributed by atoms with E-state index in [1.54, 1.807) is 61.7 Å². The molecule has 0 bridgehead atoms. The highest BCUT2D eigenvalue weighted by Gasteiger charge is 2.48. The molecule has 2 heterocycles. The number of fused-ring (bicyclic) bond motifs is 1. The number of aliphatic hydroxyl groups is 1. The summed E-state index contributed by atoms with van der Waals surface area (Å²) in [5.41, 5.74) is 1.30. The van der Waals surface area contributed by atoms with E-state index in [1.165, 1.54) is 35.5 Å². The molecule has 9 heteroatoms. The van der Waals surface area contributed by atoms with Gasteiger partial charge in [-0.3, -0.25) is 14.5 Å². The van der Waals surface area contributed by atoms with Crippen LogP contribution in [0.5, 0.6) is 17.2 Å². The zero-order valence-electron chi connectivity index (χ0n) is 18.8. The van der Waals surface area contributed by atoms with E-state index in [1.807, 2.05) is 0 Å². The van der Waals surface area contributed by atoms with Crippen LogP contribution in [-0.2, 0) is 9.59 Å². The normalized spacial score (nSPS) is 17.2. The molecule has 1 fully saturated rings. The lowest BCUT2D eigenvalue weighted by molar-refractivity contribution is -0.132. The molecule has 4 aromatic rings. The highest BCUT2D eigenvalue weighted by molar-refractivity contribution is 7.22. The molecule has 5 rings (SSSR count). The molecule has 1 amide bonds. The second-order valence-electron chi connectivity index (χ2n) is 7.83. The largest absolute Gasteiger partial charge is 0.508 e. The predicted octanol–water partition coefficient (Wildman–Crippen LogP) is 4.65. The fraction of sp³-hybridized carbons (Fsp3) is 0.115. The molecule has 0 radical (unpaired) electrons. The van der Waals surface area contributed by atoms with Gasteiger partial charge < -0.3 is 19.7 Å². The Morgan fingerprint density at radius 1 is 0.971 bits per heavy atom. The van der Waals surface area contributed by atoms with Crippen molar-refractivity contribution in [3.8, 4) is 17.2 Å². The number of thiazole rings is 1. The maximum Gasteiger partial charge on any atom is 0.301 e. The first-order valence-electron chi connectivity index (χ1n) is 10.6. The third-order valence-corrected chi connectivity index (χ3v) is 6.78. The van der Waals surface area contributed by atoms with Crippen LogP contribution in [-0.4, -0.2) is 41.1 Å². The van der Waals surface area contributed by atoms with Crippen molar-refractivity contribution >= 4 is 44.1 Å².